The van der Waals surface area contributed by atoms with Gasteiger partial charge in [0.1, 0.15) is 12.4 Å². The van der Waals surface area contributed by atoms with Crippen molar-refractivity contribution in [2.75, 3.05) is 26.2 Å². The predicted molar refractivity (Wildman–Crippen MR) is 76.6 cm³/mol. The molecule has 1 fully saturated rings. The van der Waals surface area contributed by atoms with E-state index < -0.39 is 0 Å². The fraction of sp³-hybridized carbons (Fsp3) is 0.533. The van der Waals surface area contributed by atoms with Crippen LogP contribution in [0.1, 0.15) is 12.5 Å². The monoisotopic (exact) mass is 275 g/mol. The average Bonchev–Trinajstić information content (AvgIpc) is 2.69. The van der Waals surface area contributed by atoms with Crippen molar-refractivity contribution in [1.29, 1.82) is 0 Å². The van der Waals surface area contributed by atoms with Crippen LogP contribution in [0.2, 0.25) is 0 Å². The molecule has 1 aromatic carbocycles. The normalized spacial score (nSPS) is 26.4. The number of fused-ring (bicyclic) bond motifs is 1. The van der Waals surface area contributed by atoms with Crippen molar-refractivity contribution < 1.29 is 9.53 Å². The highest BCUT2D eigenvalue weighted by Gasteiger charge is 2.28. The van der Waals surface area contributed by atoms with Crippen LogP contribution in [-0.2, 0) is 11.3 Å². The second kappa shape index (κ2) is 5.81. The first-order chi connectivity index (χ1) is 9.74. The lowest BCUT2D eigenvalue weighted by molar-refractivity contribution is -0.134. The van der Waals surface area contributed by atoms with Crippen molar-refractivity contribution in [1.82, 2.24) is 15.5 Å². The highest BCUT2D eigenvalue weighted by atomic mass is 16.5. The van der Waals surface area contributed by atoms with Crippen LogP contribution in [-0.4, -0.2) is 49.1 Å². The molecule has 20 heavy (non-hydrogen) atoms. The molecular formula is C15H21N3O2. The molecular weight excluding hydrogens is 254 g/mol. The summed E-state index contributed by atoms with van der Waals surface area (Å²) in [5.74, 6) is 1.05. The molecule has 0 saturated carbocycles. The van der Waals surface area contributed by atoms with Gasteiger partial charge >= 0.3 is 0 Å². The quantitative estimate of drug-likeness (QED) is 0.777. The van der Waals surface area contributed by atoms with Gasteiger partial charge in [-0.3, -0.25) is 4.79 Å². The lowest BCUT2D eigenvalue weighted by atomic mass is 10.1. The Labute approximate surface area is 119 Å². The Hall–Kier alpha value is -1.59. The number of benzene rings is 1. The van der Waals surface area contributed by atoms with Crippen LogP contribution in [0.5, 0.6) is 5.75 Å². The van der Waals surface area contributed by atoms with E-state index in [1.807, 2.05) is 29.2 Å². The molecule has 5 nitrogen and oxygen atoms in total. The lowest BCUT2D eigenvalue weighted by Gasteiger charge is -2.32. The lowest BCUT2D eigenvalue weighted by Crippen LogP contribution is -2.59. The number of nitrogens with zero attached hydrogens (tertiary/aromatic N) is 1. The topological polar surface area (TPSA) is 53.6 Å². The minimum Gasteiger partial charge on any atom is -0.491 e. The molecule has 2 atom stereocenters. The maximum Gasteiger partial charge on any atom is 0.241 e. The van der Waals surface area contributed by atoms with Crippen LogP contribution in [0.3, 0.4) is 0 Å². The van der Waals surface area contributed by atoms with Crippen molar-refractivity contribution in [3.63, 3.8) is 0 Å². The minimum atomic E-state index is -0.128. The van der Waals surface area contributed by atoms with E-state index >= 15 is 0 Å². The third-order valence-electron chi connectivity index (χ3n) is 3.90. The van der Waals surface area contributed by atoms with E-state index in [4.69, 9.17) is 4.74 Å². The molecule has 0 aliphatic carbocycles. The SMILES string of the molecule is CC1CNC(C(=O)N2CCOc3ccccc3C2)CN1. The van der Waals surface area contributed by atoms with Crippen LogP contribution in [0.25, 0.3) is 0 Å². The van der Waals surface area contributed by atoms with Crippen molar-refractivity contribution in [2.24, 2.45) is 0 Å². The number of hydrogen-bond donors (Lipinski definition) is 2. The van der Waals surface area contributed by atoms with Gasteiger partial charge in [-0.25, -0.2) is 0 Å². The summed E-state index contributed by atoms with van der Waals surface area (Å²) in [5.41, 5.74) is 1.08. The number of hydrogen-bond acceptors (Lipinski definition) is 4. The smallest absolute Gasteiger partial charge is 0.241 e. The number of carbonyl (C=O) groups is 1. The zero-order valence-electron chi connectivity index (χ0n) is 11.8. The van der Waals surface area contributed by atoms with E-state index in [1.165, 1.54) is 0 Å². The van der Waals surface area contributed by atoms with Gasteiger partial charge in [0.15, 0.2) is 0 Å². The van der Waals surface area contributed by atoms with Gasteiger partial charge in [-0.1, -0.05) is 18.2 Å². The zero-order chi connectivity index (χ0) is 13.9. The highest BCUT2D eigenvalue weighted by Crippen LogP contribution is 2.22. The van der Waals surface area contributed by atoms with E-state index in [-0.39, 0.29) is 11.9 Å². The standard InChI is InChI=1S/C15H21N3O2/c1-11-8-17-13(9-16-11)15(19)18-6-7-20-14-5-3-2-4-12(14)10-18/h2-5,11,13,16-17H,6-10H2,1H3. The Morgan fingerprint density at radius 2 is 2.15 bits per heavy atom. The molecule has 1 saturated heterocycles. The van der Waals surface area contributed by atoms with E-state index in [9.17, 15) is 4.79 Å². The third kappa shape index (κ3) is 2.78. The molecule has 3 rings (SSSR count). The zero-order valence-corrected chi connectivity index (χ0v) is 11.8. The molecule has 0 bridgehead atoms. The van der Waals surface area contributed by atoms with Gasteiger partial charge in [-0.2, -0.15) is 0 Å². The second-order valence-corrected chi connectivity index (χ2v) is 5.49. The number of carbonyl (C=O) groups excluding carboxylic acids is 1. The van der Waals surface area contributed by atoms with E-state index in [2.05, 4.69) is 17.6 Å². The molecule has 2 aliphatic rings. The number of piperazine rings is 1. The first kappa shape index (κ1) is 13.4. The number of nitrogens with one attached hydrogen (secondary N) is 2. The fourth-order valence-electron chi connectivity index (χ4n) is 2.69. The summed E-state index contributed by atoms with van der Waals surface area (Å²) in [6.07, 6.45) is 0. The maximum absolute atomic E-state index is 12.6. The summed E-state index contributed by atoms with van der Waals surface area (Å²) < 4.78 is 5.70. The largest absolute Gasteiger partial charge is 0.491 e. The van der Waals surface area contributed by atoms with Gasteiger partial charge in [0.05, 0.1) is 12.6 Å². The molecule has 5 heteroatoms. The Kier molecular flexibility index (Phi) is 3.89. The van der Waals surface area contributed by atoms with Crippen LogP contribution in [0.15, 0.2) is 24.3 Å². The van der Waals surface area contributed by atoms with Gasteiger partial charge in [-0.05, 0) is 13.0 Å². The molecule has 0 spiro atoms. The average molecular weight is 275 g/mol. The summed E-state index contributed by atoms with van der Waals surface area (Å²) in [6.45, 7) is 5.46. The van der Waals surface area contributed by atoms with E-state index in [0.29, 0.717) is 32.3 Å². The Morgan fingerprint density at radius 1 is 1.30 bits per heavy atom. The Morgan fingerprint density at radius 3 is 2.95 bits per heavy atom. The highest BCUT2D eigenvalue weighted by molar-refractivity contribution is 5.82. The molecule has 1 amide bonds. The molecule has 0 aromatic heterocycles. The maximum atomic E-state index is 12.6. The molecule has 2 heterocycles. The van der Waals surface area contributed by atoms with Crippen molar-refractivity contribution in [2.45, 2.75) is 25.6 Å². The summed E-state index contributed by atoms with van der Waals surface area (Å²) in [4.78, 5) is 14.5. The number of ether oxygens (including phenoxy) is 1. The Balaban J connectivity index is 1.69. The summed E-state index contributed by atoms with van der Waals surface area (Å²) >= 11 is 0. The van der Waals surface area contributed by atoms with Crippen molar-refractivity contribution in [3.05, 3.63) is 29.8 Å². The fourth-order valence-corrected chi connectivity index (χ4v) is 2.69. The predicted octanol–water partition coefficient (Wildman–Crippen LogP) is 0.357. The number of para-hydroxylation sites is 1. The number of amides is 1. The van der Waals surface area contributed by atoms with Gasteiger partial charge in [0.25, 0.3) is 0 Å². The van der Waals surface area contributed by atoms with Crippen LogP contribution in [0, 0.1) is 0 Å². The summed E-state index contributed by atoms with van der Waals surface area (Å²) in [7, 11) is 0. The second-order valence-electron chi connectivity index (χ2n) is 5.49. The summed E-state index contributed by atoms with van der Waals surface area (Å²) in [6, 6.07) is 8.23. The van der Waals surface area contributed by atoms with Crippen molar-refractivity contribution >= 4 is 5.91 Å². The van der Waals surface area contributed by atoms with Crippen LogP contribution in [0.4, 0.5) is 0 Å². The van der Waals surface area contributed by atoms with Crippen LogP contribution < -0.4 is 15.4 Å². The van der Waals surface area contributed by atoms with Gasteiger partial charge < -0.3 is 20.3 Å². The molecule has 2 unspecified atom stereocenters. The van der Waals surface area contributed by atoms with Gasteiger partial charge in [0.2, 0.25) is 5.91 Å². The minimum absolute atomic E-state index is 0.128. The molecule has 108 valence electrons. The Bertz CT molecular complexity index is 484. The molecule has 2 aliphatic heterocycles. The first-order valence-electron chi connectivity index (χ1n) is 7.20. The van der Waals surface area contributed by atoms with E-state index in [0.717, 1.165) is 17.9 Å². The van der Waals surface area contributed by atoms with Crippen molar-refractivity contribution in [3.8, 4) is 5.75 Å². The van der Waals surface area contributed by atoms with Gasteiger partial charge in [-0.15, -0.1) is 0 Å². The summed E-state index contributed by atoms with van der Waals surface area (Å²) in [5, 5.41) is 6.66. The molecule has 2 N–H and O–H groups in total. The number of rotatable bonds is 1. The van der Waals surface area contributed by atoms with E-state index in [1.54, 1.807) is 0 Å². The van der Waals surface area contributed by atoms with Gasteiger partial charge in [0, 0.05) is 31.2 Å². The first-order valence-corrected chi connectivity index (χ1v) is 7.20. The van der Waals surface area contributed by atoms with Crippen LogP contribution >= 0.6 is 0 Å². The molecule has 0 radical (unpaired) electrons. The molecule has 1 aromatic rings. The third-order valence-corrected chi connectivity index (χ3v) is 3.90.